The Bertz CT molecular complexity index is 825. The first-order valence-electron chi connectivity index (χ1n) is 9.93. The monoisotopic (exact) mass is 397 g/mol. The molecule has 1 aromatic carbocycles. The lowest BCUT2D eigenvalue weighted by atomic mass is 10.00. The zero-order chi connectivity index (χ0) is 20.8. The van der Waals surface area contributed by atoms with Crippen molar-refractivity contribution in [2.45, 2.75) is 38.8 Å². The largest absolute Gasteiger partial charge is 0.472 e. The van der Waals surface area contributed by atoms with Crippen molar-refractivity contribution < 1.29 is 18.8 Å². The molecule has 0 saturated carbocycles. The molecule has 1 atom stereocenters. The minimum absolute atomic E-state index is 0.0224. The van der Waals surface area contributed by atoms with Crippen molar-refractivity contribution in [3.63, 3.8) is 0 Å². The summed E-state index contributed by atoms with van der Waals surface area (Å²) in [5, 5.41) is 5.88. The Labute approximate surface area is 170 Å². The molecule has 1 saturated heterocycles. The molecular formula is C22H27N3O4. The Morgan fingerprint density at radius 3 is 2.31 bits per heavy atom. The van der Waals surface area contributed by atoms with Crippen molar-refractivity contribution >= 4 is 17.7 Å². The Morgan fingerprint density at radius 2 is 1.72 bits per heavy atom. The molecule has 0 spiro atoms. The third-order valence-corrected chi connectivity index (χ3v) is 5.17. The predicted molar refractivity (Wildman–Crippen MR) is 108 cm³/mol. The lowest BCUT2D eigenvalue weighted by molar-refractivity contribution is -0.124. The number of rotatable bonds is 6. The molecule has 1 fully saturated rings. The van der Waals surface area contributed by atoms with Crippen LogP contribution in [0.25, 0.3) is 0 Å². The van der Waals surface area contributed by atoms with Gasteiger partial charge < -0.3 is 20.0 Å². The molecule has 2 heterocycles. The molecule has 1 aliphatic rings. The highest BCUT2D eigenvalue weighted by molar-refractivity contribution is 5.97. The van der Waals surface area contributed by atoms with Gasteiger partial charge in [0.05, 0.1) is 11.8 Å². The second-order valence-corrected chi connectivity index (χ2v) is 7.65. The Kier molecular flexibility index (Phi) is 6.69. The fraction of sp³-hybridized carbons (Fsp3) is 0.409. The number of hydrogen-bond acceptors (Lipinski definition) is 4. The molecular weight excluding hydrogens is 370 g/mol. The van der Waals surface area contributed by atoms with Crippen LogP contribution in [0.2, 0.25) is 0 Å². The first-order valence-corrected chi connectivity index (χ1v) is 9.93. The van der Waals surface area contributed by atoms with E-state index in [1.807, 2.05) is 19.9 Å². The quantitative estimate of drug-likeness (QED) is 0.783. The summed E-state index contributed by atoms with van der Waals surface area (Å²) >= 11 is 0. The van der Waals surface area contributed by atoms with E-state index in [0.717, 1.165) is 0 Å². The Balaban J connectivity index is 1.53. The van der Waals surface area contributed by atoms with Crippen molar-refractivity contribution in [2.75, 3.05) is 13.1 Å². The van der Waals surface area contributed by atoms with Crippen LogP contribution in [-0.4, -0.2) is 47.8 Å². The first kappa shape index (κ1) is 20.6. The van der Waals surface area contributed by atoms with Crippen molar-refractivity contribution in [3.8, 4) is 0 Å². The van der Waals surface area contributed by atoms with Gasteiger partial charge in [-0.2, -0.15) is 0 Å². The zero-order valence-electron chi connectivity index (χ0n) is 16.8. The molecule has 2 N–H and O–H groups in total. The van der Waals surface area contributed by atoms with Crippen molar-refractivity contribution in [1.29, 1.82) is 0 Å². The Morgan fingerprint density at radius 1 is 1.03 bits per heavy atom. The van der Waals surface area contributed by atoms with Gasteiger partial charge in [0.25, 0.3) is 11.8 Å². The van der Waals surface area contributed by atoms with Gasteiger partial charge in [0.15, 0.2) is 0 Å². The van der Waals surface area contributed by atoms with Gasteiger partial charge in [-0.15, -0.1) is 0 Å². The minimum atomic E-state index is -0.617. The van der Waals surface area contributed by atoms with E-state index in [2.05, 4.69) is 10.6 Å². The van der Waals surface area contributed by atoms with E-state index in [9.17, 15) is 14.4 Å². The van der Waals surface area contributed by atoms with E-state index in [1.165, 1.54) is 12.5 Å². The van der Waals surface area contributed by atoms with E-state index in [4.69, 9.17) is 4.42 Å². The first-order chi connectivity index (χ1) is 14.0. The van der Waals surface area contributed by atoms with E-state index in [-0.39, 0.29) is 29.7 Å². The lowest BCUT2D eigenvalue weighted by Gasteiger charge is -2.33. The van der Waals surface area contributed by atoms with Crippen molar-refractivity contribution in [3.05, 3.63) is 60.1 Å². The lowest BCUT2D eigenvalue weighted by Crippen LogP contribution is -2.54. The fourth-order valence-electron chi connectivity index (χ4n) is 3.44. The molecule has 3 rings (SSSR count). The molecule has 1 aliphatic heterocycles. The summed E-state index contributed by atoms with van der Waals surface area (Å²) in [6.07, 6.45) is 4.27. The maximum atomic E-state index is 12.8. The number of carbonyl (C=O) groups is 3. The van der Waals surface area contributed by atoms with Crippen LogP contribution in [0.5, 0.6) is 0 Å². The number of furan rings is 1. The number of piperidine rings is 1. The van der Waals surface area contributed by atoms with Gasteiger partial charge in [-0.25, -0.2) is 0 Å². The topological polar surface area (TPSA) is 91.7 Å². The maximum Gasteiger partial charge on any atom is 0.257 e. The molecule has 154 valence electrons. The summed E-state index contributed by atoms with van der Waals surface area (Å²) in [7, 11) is 0. The van der Waals surface area contributed by atoms with Gasteiger partial charge in [0.1, 0.15) is 12.3 Å². The molecule has 2 aromatic rings. The van der Waals surface area contributed by atoms with Crippen molar-refractivity contribution in [2.24, 2.45) is 5.92 Å². The molecule has 29 heavy (non-hydrogen) atoms. The van der Waals surface area contributed by atoms with Gasteiger partial charge in [-0.05, 0) is 37.0 Å². The van der Waals surface area contributed by atoms with E-state index in [0.29, 0.717) is 37.1 Å². The van der Waals surface area contributed by atoms with Gasteiger partial charge in [0, 0.05) is 24.7 Å². The number of hydrogen-bond donors (Lipinski definition) is 2. The van der Waals surface area contributed by atoms with Gasteiger partial charge >= 0.3 is 0 Å². The molecule has 0 radical (unpaired) electrons. The normalized spacial score (nSPS) is 15.8. The summed E-state index contributed by atoms with van der Waals surface area (Å²) in [5.41, 5.74) is 1.06. The summed E-state index contributed by atoms with van der Waals surface area (Å²) in [6.45, 7) is 4.94. The van der Waals surface area contributed by atoms with Crippen LogP contribution in [0.1, 0.15) is 47.4 Å². The van der Waals surface area contributed by atoms with Crippen molar-refractivity contribution in [1.82, 2.24) is 15.5 Å². The third kappa shape index (κ3) is 5.25. The molecule has 1 aromatic heterocycles. The SMILES string of the molecule is CC(C)C(NC(=O)c1ccccc1)C(=O)NC1CCN(C(=O)c2ccoc2)CC1. The fourth-order valence-corrected chi connectivity index (χ4v) is 3.44. The molecule has 1 unspecified atom stereocenters. The minimum Gasteiger partial charge on any atom is -0.472 e. The van der Waals surface area contributed by atoms with Gasteiger partial charge in [-0.1, -0.05) is 32.0 Å². The number of amides is 3. The number of nitrogens with one attached hydrogen (secondary N) is 2. The average molecular weight is 397 g/mol. The number of likely N-dealkylation sites (tertiary alicyclic amines) is 1. The maximum absolute atomic E-state index is 12.8. The number of nitrogens with zero attached hydrogens (tertiary/aromatic N) is 1. The molecule has 7 nitrogen and oxygen atoms in total. The average Bonchev–Trinajstić information content (AvgIpc) is 3.27. The van der Waals surface area contributed by atoms with Crippen LogP contribution >= 0.6 is 0 Å². The zero-order valence-corrected chi connectivity index (χ0v) is 16.8. The van der Waals surface area contributed by atoms with E-state index >= 15 is 0 Å². The second-order valence-electron chi connectivity index (χ2n) is 7.65. The Hall–Kier alpha value is -3.09. The van der Waals surface area contributed by atoms with Crippen LogP contribution in [0, 0.1) is 5.92 Å². The molecule has 0 aliphatic carbocycles. The summed E-state index contributed by atoms with van der Waals surface area (Å²) in [4.78, 5) is 39.4. The van der Waals surface area contributed by atoms with Crippen LogP contribution in [0.4, 0.5) is 0 Å². The standard InChI is InChI=1S/C22H27N3O4/c1-15(2)19(24-20(26)16-6-4-3-5-7-16)21(27)23-18-8-11-25(12-9-18)22(28)17-10-13-29-14-17/h3-7,10,13-15,18-19H,8-9,11-12H2,1-2H3,(H,23,27)(H,24,26). The van der Waals surface area contributed by atoms with Crippen LogP contribution < -0.4 is 10.6 Å². The second kappa shape index (κ2) is 9.41. The summed E-state index contributed by atoms with van der Waals surface area (Å²) in [5.74, 6) is -0.562. The van der Waals surface area contributed by atoms with Crippen LogP contribution in [-0.2, 0) is 4.79 Å². The van der Waals surface area contributed by atoms with Crippen LogP contribution in [0.15, 0.2) is 53.3 Å². The molecule has 0 bridgehead atoms. The summed E-state index contributed by atoms with van der Waals surface area (Å²) in [6, 6.07) is 9.87. The summed E-state index contributed by atoms with van der Waals surface area (Å²) < 4.78 is 4.97. The van der Waals surface area contributed by atoms with Gasteiger partial charge in [0.2, 0.25) is 5.91 Å². The van der Waals surface area contributed by atoms with Gasteiger partial charge in [-0.3, -0.25) is 14.4 Å². The van der Waals surface area contributed by atoms with E-state index in [1.54, 1.807) is 35.2 Å². The highest BCUT2D eigenvalue weighted by atomic mass is 16.3. The smallest absolute Gasteiger partial charge is 0.257 e. The molecule has 7 heteroatoms. The highest BCUT2D eigenvalue weighted by Gasteiger charge is 2.29. The van der Waals surface area contributed by atoms with E-state index < -0.39 is 6.04 Å². The third-order valence-electron chi connectivity index (χ3n) is 5.17. The highest BCUT2D eigenvalue weighted by Crippen LogP contribution is 2.15. The number of carbonyl (C=O) groups excluding carboxylic acids is 3. The number of benzene rings is 1. The predicted octanol–water partition coefficient (Wildman–Crippen LogP) is 2.46. The molecule has 3 amide bonds. The van der Waals surface area contributed by atoms with Crippen LogP contribution in [0.3, 0.4) is 0 Å².